The Kier molecular flexibility index (Phi) is 7.65. The highest BCUT2D eigenvalue weighted by atomic mass is 32.2. The topological polar surface area (TPSA) is 136 Å². The molecule has 176 valence electrons. The van der Waals surface area contributed by atoms with Gasteiger partial charge in [0.05, 0.1) is 45.4 Å². The number of hydrogen-bond acceptors (Lipinski definition) is 10. The summed E-state index contributed by atoms with van der Waals surface area (Å²) in [5.41, 5.74) is 1.16. The summed E-state index contributed by atoms with van der Waals surface area (Å²) in [7, 11) is 5.89. The number of nitrogens with zero attached hydrogens (tertiary/aromatic N) is 3. The van der Waals surface area contributed by atoms with Crippen LogP contribution >= 0.6 is 11.8 Å². The lowest BCUT2D eigenvalue weighted by molar-refractivity contribution is 0.0697. The molecule has 0 fully saturated rings. The first-order valence-corrected chi connectivity index (χ1v) is 11.0. The van der Waals surface area contributed by atoms with Crippen LogP contribution in [0.15, 0.2) is 35.5 Å². The Bertz CT molecular complexity index is 1280. The van der Waals surface area contributed by atoms with Gasteiger partial charge in [0.25, 0.3) is 0 Å². The van der Waals surface area contributed by atoms with Gasteiger partial charge in [-0.15, -0.1) is 0 Å². The van der Waals surface area contributed by atoms with E-state index in [4.69, 9.17) is 18.9 Å². The minimum absolute atomic E-state index is 0.0847. The van der Waals surface area contributed by atoms with Gasteiger partial charge in [0, 0.05) is 17.7 Å². The van der Waals surface area contributed by atoms with Crippen LogP contribution < -0.4 is 24.3 Å². The number of hydrogen-bond donors (Lipinski definition) is 2. The molecule has 0 saturated heterocycles. The van der Waals surface area contributed by atoms with Gasteiger partial charge in [-0.25, -0.2) is 14.8 Å². The Hall–Kier alpha value is -4.17. The minimum Gasteiger partial charge on any atom is -0.493 e. The molecule has 0 aliphatic carbocycles. The highest BCUT2D eigenvalue weighted by Gasteiger charge is 2.21. The first kappa shape index (κ1) is 24.5. The van der Waals surface area contributed by atoms with E-state index in [0.717, 1.165) is 0 Å². The fourth-order valence-electron chi connectivity index (χ4n) is 3.21. The average Bonchev–Trinajstić information content (AvgIpc) is 2.87. The number of methoxy groups -OCH3 is 4. The molecule has 3 aromatic rings. The van der Waals surface area contributed by atoms with Crippen molar-refractivity contribution in [1.29, 1.82) is 5.26 Å². The monoisotopic (exact) mass is 482 g/mol. The molecule has 0 aliphatic rings. The van der Waals surface area contributed by atoms with Crippen molar-refractivity contribution < 1.29 is 28.8 Å². The number of thioether (sulfide) groups is 1. The van der Waals surface area contributed by atoms with Gasteiger partial charge in [-0.05, 0) is 24.5 Å². The summed E-state index contributed by atoms with van der Waals surface area (Å²) < 4.78 is 21.2. The second-order valence-corrected chi connectivity index (χ2v) is 7.42. The molecule has 3 rings (SSSR count). The molecule has 2 aromatic carbocycles. The van der Waals surface area contributed by atoms with Crippen molar-refractivity contribution in [3.8, 4) is 40.3 Å². The van der Waals surface area contributed by atoms with Crippen molar-refractivity contribution in [3.05, 3.63) is 41.5 Å². The van der Waals surface area contributed by atoms with E-state index >= 15 is 0 Å². The maximum Gasteiger partial charge on any atom is 0.337 e. The van der Waals surface area contributed by atoms with Crippen LogP contribution in [-0.4, -0.2) is 55.7 Å². The minimum atomic E-state index is -1.19. The van der Waals surface area contributed by atoms with E-state index in [0.29, 0.717) is 33.7 Å². The lowest BCUT2D eigenvalue weighted by Crippen LogP contribution is -2.08. The van der Waals surface area contributed by atoms with E-state index in [1.807, 2.05) is 0 Å². The van der Waals surface area contributed by atoms with E-state index in [9.17, 15) is 15.2 Å². The van der Waals surface area contributed by atoms with E-state index in [1.165, 1.54) is 52.3 Å². The van der Waals surface area contributed by atoms with E-state index in [-0.39, 0.29) is 28.4 Å². The lowest BCUT2D eigenvalue weighted by Gasteiger charge is -2.16. The number of carboxylic acids is 1. The zero-order valence-electron chi connectivity index (χ0n) is 19.1. The summed E-state index contributed by atoms with van der Waals surface area (Å²) in [6, 6.07) is 10.1. The third-order valence-electron chi connectivity index (χ3n) is 4.85. The normalized spacial score (nSPS) is 10.2. The van der Waals surface area contributed by atoms with Crippen LogP contribution in [0.4, 0.5) is 11.5 Å². The summed E-state index contributed by atoms with van der Waals surface area (Å²) in [6.45, 7) is 0. The standard InChI is InChI=1S/C23H22N4O6S/c1-30-16-7-6-12(8-17(16)31-2)20-14(11-24)21(27-23(26-20)34-5)25-15-10-19(33-4)18(32-3)9-13(15)22(28)29/h6-10H,1-5H3,(H,28,29)(H,25,26,27). The summed E-state index contributed by atoms with van der Waals surface area (Å²) in [6.07, 6.45) is 1.79. The SMILES string of the molecule is COc1ccc(-c2nc(SC)nc(Nc3cc(OC)c(OC)cc3C(=O)O)c2C#N)cc1OC. The molecule has 0 bridgehead atoms. The van der Waals surface area contributed by atoms with Gasteiger partial charge < -0.3 is 29.4 Å². The molecule has 1 aromatic heterocycles. The predicted octanol–water partition coefficient (Wildman–Crippen LogP) is 4.21. The van der Waals surface area contributed by atoms with Crippen molar-refractivity contribution in [3.63, 3.8) is 0 Å². The maximum atomic E-state index is 11.9. The van der Waals surface area contributed by atoms with Crippen molar-refractivity contribution in [2.45, 2.75) is 5.16 Å². The molecule has 0 saturated carbocycles. The summed E-state index contributed by atoms with van der Waals surface area (Å²) in [4.78, 5) is 20.8. The Morgan fingerprint density at radius 3 is 2.15 bits per heavy atom. The molecular weight excluding hydrogens is 460 g/mol. The van der Waals surface area contributed by atoms with Crippen LogP contribution in [0.1, 0.15) is 15.9 Å². The smallest absolute Gasteiger partial charge is 0.337 e. The molecule has 2 N–H and O–H groups in total. The van der Waals surface area contributed by atoms with E-state index in [2.05, 4.69) is 21.4 Å². The zero-order chi connectivity index (χ0) is 24.8. The number of nitrogens with one attached hydrogen (secondary N) is 1. The van der Waals surface area contributed by atoms with E-state index in [1.54, 1.807) is 24.5 Å². The molecule has 0 amide bonds. The summed E-state index contributed by atoms with van der Waals surface area (Å²) >= 11 is 1.27. The number of benzene rings is 2. The van der Waals surface area contributed by atoms with Gasteiger partial charge in [-0.2, -0.15) is 5.26 Å². The Labute approximate surface area is 200 Å². The van der Waals surface area contributed by atoms with Gasteiger partial charge in [-0.3, -0.25) is 0 Å². The van der Waals surface area contributed by atoms with Gasteiger partial charge in [-0.1, -0.05) is 11.8 Å². The fraction of sp³-hybridized carbons (Fsp3) is 0.217. The van der Waals surface area contributed by atoms with Gasteiger partial charge >= 0.3 is 5.97 Å². The van der Waals surface area contributed by atoms with Crippen LogP contribution in [0.2, 0.25) is 0 Å². The second-order valence-electron chi connectivity index (χ2n) is 6.65. The highest BCUT2D eigenvalue weighted by molar-refractivity contribution is 7.98. The molecule has 1 heterocycles. The molecule has 0 atom stereocenters. The number of nitriles is 1. The molecule has 0 aliphatic heterocycles. The number of aromatic carboxylic acids is 1. The molecule has 11 heteroatoms. The third kappa shape index (κ3) is 4.77. The number of rotatable bonds is 9. The van der Waals surface area contributed by atoms with Crippen molar-refractivity contribution in [2.24, 2.45) is 0 Å². The average molecular weight is 483 g/mol. The number of anilines is 2. The maximum absolute atomic E-state index is 11.9. The van der Waals surface area contributed by atoms with Crippen LogP contribution in [-0.2, 0) is 0 Å². The lowest BCUT2D eigenvalue weighted by atomic mass is 10.1. The van der Waals surface area contributed by atoms with Crippen molar-refractivity contribution >= 4 is 29.2 Å². The van der Waals surface area contributed by atoms with Gasteiger partial charge in [0.2, 0.25) is 0 Å². The molecular formula is C23H22N4O6S. The van der Waals surface area contributed by atoms with Crippen LogP contribution in [0.3, 0.4) is 0 Å². The van der Waals surface area contributed by atoms with E-state index < -0.39 is 5.97 Å². The number of ether oxygens (including phenoxy) is 4. The molecule has 0 radical (unpaired) electrons. The highest BCUT2D eigenvalue weighted by Crippen LogP contribution is 2.38. The molecule has 34 heavy (non-hydrogen) atoms. The largest absolute Gasteiger partial charge is 0.493 e. The Morgan fingerprint density at radius 2 is 1.59 bits per heavy atom. The summed E-state index contributed by atoms with van der Waals surface area (Å²) in [5, 5.41) is 23.1. The number of aromatic nitrogens is 2. The van der Waals surface area contributed by atoms with Crippen molar-refractivity contribution in [2.75, 3.05) is 40.0 Å². The van der Waals surface area contributed by atoms with Gasteiger partial charge in [0.1, 0.15) is 11.6 Å². The first-order valence-electron chi connectivity index (χ1n) is 9.75. The van der Waals surface area contributed by atoms with Crippen LogP contribution in [0.25, 0.3) is 11.3 Å². The van der Waals surface area contributed by atoms with Crippen LogP contribution in [0.5, 0.6) is 23.0 Å². The number of carbonyl (C=O) groups is 1. The third-order valence-corrected chi connectivity index (χ3v) is 5.39. The summed E-state index contributed by atoms with van der Waals surface area (Å²) in [5.74, 6) is 0.509. The number of carboxylic acid groups (broad SMARTS) is 1. The Morgan fingerprint density at radius 1 is 0.971 bits per heavy atom. The predicted molar refractivity (Wildman–Crippen MR) is 127 cm³/mol. The zero-order valence-corrected chi connectivity index (χ0v) is 19.9. The van der Waals surface area contributed by atoms with Crippen LogP contribution in [0, 0.1) is 11.3 Å². The van der Waals surface area contributed by atoms with Gasteiger partial charge in [0.15, 0.2) is 34.0 Å². The molecule has 0 spiro atoms. The fourth-order valence-corrected chi connectivity index (χ4v) is 3.57. The quantitative estimate of drug-likeness (QED) is 0.335. The first-order chi connectivity index (χ1) is 16.4. The molecule has 0 unspecified atom stereocenters. The van der Waals surface area contributed by atoms with Crippen molar-refractivity contribution in [1.82, 2.24) is 9.97 Å². The molecule has 10 nitrogen and oxygen atoms in total. The second kappa shape index (κ2) is 10.6. The Balaban J connectivity index is 2.22.